The van der Waals surface area contributed by atoms with Gasteiger partial charge >= 0.3 is 0 Å². The van der Waals surface area contributed by atoms with Gasteiger partial charge in [-0.2, -0.15) is 0 Å². The number of morpholine rings is 1. The van der Waals surface area contributed by atoms with Gasteiger partial charge < -0.3 is 19.7 Å². The van der Waals surface area contributed by atoms with Gasteiger partial charge in [0.25, 0.3) is 0 Å². The number of carbonyl (C=O) groups is 1. The minimum Gasteiger partial charge on any atom is -0.497 e. The van der Waals surface area contributed by atoms with Crippen LogP contribution in [-0.4, -0.2) is 49.8 Å². The SMILES string of the molecule is COc1ccc(CN2C(=O)COCC23CCNCC3)cc1. The van der Waals surface area contributed by atoms with Gasteiger partial charge in [0, 0.05) is 6.54 Å². The van der Waals surface area contributed by atoms with Crippen LogP contribution in [0.4, 0.5) is 0 Å². The summed E-state index contributed by atoms with van der Waals surface area (Å²) in [7, 11) is 1.66. The Balaban J connectivity index is 1.80. The molecule has 21 heavy (non-hydrogen) atoms. The van der Waals surface area contributed by atoms with Crippen LogP contribution in [-0.2, 0) is 16.1 Å². The Hall–Kier alpha value is -1.59. The number of carbonyl (C=O) groups excluding carboxylic acids is 1. The first kappa shape index (κ1) is 14.4. The summed E-state index contributed by atoms with van der Waals surface area (Å²) in [6, 6.07) is 7.93. The van der Waals surface area contributed by atoms with Gasteiger partial charge in [-0.15, -0.1) is 0 Å². The number of ether oxygens (including phenoxy) is 2. The van der Waals surface area contributed by atoms with Crippen LogP contribution in [0.2, 0.25) is 0 Å². The smallest absolute Gasteiger partial charge is 0.249 e. The van der Waals surface area contributed by atoms with Crippen LogP contribution >= 0.6 is 0 Å². The second-order valence-corrected chi connectivity index (χ2v) is 5.80. The molecule has 1 spiro atoms. The van der Waals surface area contributed by atoms with Crippen molar-refractivity contribution < 1.29 is 14.3 Å². The maximum Gasteiger partial charge on any atom is 0.249 e. The fraction of sp³-hybridized carbons (Fsp3) is 0.562. The third kappa shape index (κ3) is 2.89. The van der Waals surface area contributed by atoms with Crippen LogP contribution in [0.15, 0.2) is 24.3 Å². The predicted molar refractivity (Wildman–Crippen MR) is 79.2 cm³/mol. The fourth-order valence-electron chi connectivity index (χ4n) is 3.22. The summed E-state index contributed by atoms with van der Waals surface area (Å²) in [5.41, 5.74) is 0.990. The molecule has 0 aliphatic carbocycles. The van der Waals surface area contributed by atoms with E-state index in [1.807, 2.05) is 29.2 Å². The van der Waals surface area contributed by atoms with E-state index in [1.54, 1.807) is 7.11 Å². The van der Waals surface area contributed by atoms with Crippen LogP contribution in [0.1, 0.15) is 18.4 Å². The Morgan fingerprint density at radius 3 is 2.67 bits per heavy atom. The Morgan fingerprint density at radius 1 is 1.29 bits per heavy atom. The molecule has 0 unspecified atom stereocenters. The summed E-state index contributed by atoms with van der Waals surface area (Å²) >= 11 is 0. The van der Waals surface area contributed by atoms with Gasteiger partial charge in [-0.1, -0.05) is 12.1 Å². The van der Waals surface area contributed by atoms with E-state index < -0.39 is 0 Å². The van der Waals surface area contributed by atoms with E-state index in [9.17, 15) is 4.79 Å². The zero-order valence-corrected chi connectivity index (χ0v) is 12.4. The van der Waals surface area contributed by atoms with Crippen molar-refractivity contribution in [3.63, 3.8) is 0 Å². The Kier molecular flexibility index (Phi) is 4.12. The maximum atomic E-state index is 12.4. The first-order chi connectivity index (χ1) is 10.2. The third-order valence-electron chi connectivity index (χ3n) is 4.50. The van der Waals surface area contributed by atoms with Crippen molar-refractivity contribution in [1.82, 2.24) is 10.2 Å². The highest BCUT2D eigenvalue weighted by Crippen LogP contribution is 2.31. The van der Waals surface area contributed by atoms with Crippen molar-refractivity contribution in [2.45, 2.75) is 24.9 Å². The van der Waals surface area contributed by atoms with Gasteiger partial charge in [0.1, 0.15) is 12.4 Å². The van der Waals surface area contributed by atoms with E-state index in [0.717, 1.165) is 37.2 Å². The highest BCUT2D eigenvalue weighted by atomic mass is 16.5. The number of hydrogen-bond acceptors (Lipinski definition) is 4. The Labute approximate surface area is 125 Å². The number of nitrogens with zero attached hydrogens (tertiary/aromatic N) is 1. The van der Waals surface area contributed by atoms with Crippen LogP contribution in [0.25, 0.3) is 0 Å². The molecule has 0 bridgehead atoms. The summed E-state index contributed by atoms with van der Waals surface area (Å²) in [5, 5.41) is 3.36. The molecule has 1 N–H and O–H groups in total. The van der Waals surface area contributed by atoms with Crippen LogP contribution in [0.3, 0.4) is 0 Å². The fourth-order valence-corrected chi connectivity index (χ4v) is 3.22. The largest absolute Gasteiger partial charge is 0.497 e. The van der Waals surface area contributed by atoms with Gasteiger partial charge in [-0.3, -0.25) is 4.79 Å². The standard InChI is InChI=1S/C16H22N2O3/c1-20-14-4-2-13(3-5-14)10-18-15(19)11-21-12-16(18)6-8-17-9-7-16/h2-5,17H,6-12H2,1H3. The zero-order chi connectivity index (χ0) is 14.7. The molecule has 2 aliphatic rings. The molecular weight excluding hydrogens is 268 g/mol. The second kappa shape index (κ2) is 6.03. The lowest BCUT2D eigenvalue weighted by molar-refractivity contribution is -0.162. The quantitative estimate of drug-likeness (QED) is 0.908. The molecule has 1 aromatic rings. The molecule has 2 saturated heterocycles. The van der Waals surface area contributed by atoms with Gasteiger partial charge in [-0.05, 0) is 43.6 Å². The van der Waals surface area contributed by atoms with Crippen LogP contribution in [0.5, 0.6) is 5.75 Å². The van der Waals surface area contributed by atoms with Crippen LogP contribution < -0.4 is 10.1 Å². The summed E-state index contributed by atoms with van der Waals surface area (Å²) in [6.07, 6.45) is 1.91. The van der Waals surface area contributed by atoms with Gasteiger partial charge in [0.05, 0.1) is 19.3 Å². The van der Waals surface area contributed by atoms with Gasteiger partial charge in [0.15, 0.2) is 0 Å². The number of hydrogen-bond donors (Lipinski definition) is 1. The second-order valence-electron chi connectivity index (χ2n) is 5.80. The van der Waals surface area contributed by atoms with E-state index >= 15 is 0 Å². The summed E-state index contributed by atoms with van der Waals surface area (Å²) in [6.45, 7) is 3.37. The normalized spacial score (nSPS) is 21.6. The molecule has 2 fully saturated rings. The first-order valence-corrected chi connectivity index (χ1v) is 7.45. The average Bonchev–Trinajstić information content (AvgIpc) is 2.53. The minimum atomic E-state index is -0.138. The van der Waals surface area contributed by atoms with Crippen molar-refractivity contribution >= 4 is 5.91 Å². The molecule has 0 aromatic heterocycles. The Bertz CT molecular complexity index is 489. The van der Waals surface area contributed by atoms with E-state index in [-0.39, 0.29) is 18.1 Å². The molecule has 1 amide bonds. The number of rotatable bonds is 3. The minimum absolute atomic E-state index is 0.0963. The lowest BCUT2D eigenvalue weighted by Gasteiger charge is -2.49. The van der Waals surface area contributed by atoms with Crippen molar-refractivity contribution in [2.24, 2.45) is 0 Å². The molecule has 5 nitrogen and oxygen atoms in total. The molecule has 0 saturated carbocycles. The highest BCUT2D eigenvalue weighted by Gasteiger charge is 2.43. The van der Waals surface area contributed by atoms with Gasteiger partial charge in [-0.25, -0.2) is 0 Å². The van der Waals surface area contributed by atoms with Crippen molar-refractivity contribution in [1.29, 1.82) is 0 Å². The Morgan fingerprint density at radius 2 is 2.00 bits per heavy atom. The summed E-state index contributed by atoms with van der Waals surface area (Å²) in [5.74, 6) is 0.933. The first-order valence-electron chi connectivity index (χ1n) is 7.45. The van der Waals surface area contributed by atoms with Gasteiger partial charge in [0.2, 0.25) is 5.91 Å². The molecule has 5 heteroatoms. The summed E-state index contributed by atoms with van der Waals surface area (Å²) < 4.78 is 10.7. The highest BCUT2D eigenvalue weighted by molar-refractivity contribution is 5.79. The molecule has 2 aliphatic heterocycles. The topological polar surface area (TPSA) is 50.8 Å². The molecule has 1 aromatic carbocycles. The molecular formula is C16H22N2O3. The van der Waals surface area contributed by atoms with Crippen molar-refractivity contribution in [3.05, 3.63) is 29.8 Å². The van der Waals surface area contributed by atoms with Crippen molar-refractivity contribution in [3.8, 4) is 5.75 Å². The van der Waals surface area contributed by atoms with E-state index in [2.05, 4.69) is 5.32 Å². The summed E-state index contributed by atoms with van der Waals surface area (Å²) in [4.78, 5) is 14.4. The maximum absolute atomic E-state index is 12.4. The number of benzene rings is 1. The van der Waals surface area contributed by atoms with Crippen molar-refractivity contribution in [2.75, 3.05) is 33.4 Å². The number of amides is 1. The van der Waals surface area contributed by atoms with E-state index in [0.29, 0.717) is 13.2 Å². The van der Waals surface area contributed by atoms with Crippen LogP contribution in [0, 0.1) is 0 Å². The monoisotopic (exact) mass is 290 g/mol. The molecule has 0 atom stereocenters. The number of piperidine rings is 1. The number of nitrogens with one attached hydrogen (secondary N) is 1. The molecule has 0 radical (unpaired) electrons. The lowest BCUT2D eigenvalue weighted by Crippen LogP contribution is -2.62. The number of methoxy groups -OCH3 is 1. The molecule has 2 heterocycles. The van der Waals surface area contributed by atoms with E-state index in [1.165, 1.54) is 0 Å². The predicted octanol–water partition coefficient (Wildman–Crippen LogP) is 1.18. The molecule has 114 valence electrons. The lowest BCUT2D eigenvalue weighted by atomic mass is 9.85. The van der Waals surface area contributed by atoms with E-state index in [4.69, 9.17) is 9.47 Å². The molecule has 3 rings (SSSR count). The zero-order valence-electron chi connectivity index (χ0n) is 12.4. The average molecular weight is 290 g/mol. The third-order valence-corrected chi connectivity index (χ3v) is 4.50.